The van der Waals surface area contributed by atoms with Gasteiger partial charge in [-0.05, 0) is 0 Å². The molecule has 1 rings (SSSR count). The lowest BCUT2D eigenvalue weighted by atomic mass is 10.0. The summed E-state index contributed by atoms with van der Waals surface area (Å²) in [5, 5.41) is 8.61. The zero-order valence-corrected chi connectivity index (χ0v) is 15.4. The SMILES string of the molecule is O=C(CCO)CCC(=O)CCC(=O)CCC(=O)CCC(=O)c1ccccc1. The lowest BCUT2D eigenvalue weighted by Gasteiger charge is -2.03. The van der Waals surface area contributed by atoms with Gasteiger partial charge in [-0.2, -0.15) is 0 Å². The van der Waals surface area contributed by atoms with Crippen LogP contribution in [0.15, 0.2) is 30.3 Å². The molecule has 0 aromatic heterocycles. The quantitative estimate of drug-likeness (QED) is 0.473. The van der Waals surface area contributed by atoms with Crippen molar-refractivity contribution < 1.29 is 29.1 Å². The van der Waals surface area contributed by atoms with E-state index in [1.54, 1.807) is 24.3 Å². The van der Waals surface area contributed by atoms with Crippen LogP contribution in [0.25, 0.3) is 0 Å². The predicted octanol–water partition coefficient (Wildman–Crippen LogP) is 2.65. The summed E-state index contributed by atoms with van der Waals surface area (Å²) in [6.07, 6.45) is 0.688. The molecule has 0 amide bonds. The van der Waals surface area contributed by atoms with Crippen molar-refractivity contribution in [2.45, 2.75) is 57.8 Å². The van der Waals surface area contributed by atoms with Crippen LogP contribution in [-0.4, -0.2) is 40.6 Å². The minimum atomic E-state index is -0.226. The van der Waals surface area contributed by atoms with Crippen LogP contribution in [0.4, 0.5) is 0 Å². The number of aliphatic hydroxyl groups is 1. The van der Waals surface area contributed by atoms with E-state index in [1.807, 2.05) is 6.07 Å². The van der Waals surface area contributed by atoms with E-state index in [0.717, 1.165) is 0 Å². The second kappa shape index (κ2) is 12.8. The molecule has 1 aromatic rings. The number of benzene rings is 1. The number of aliphatic hydroxyl groups excluding tert-OH is 1. The Balaban J connectivity index is 2.16. The molecule has 0 aliphatic rings. The Kier molecular flexibility index (Phi) is 10.7. The standard InChI is InChI=1S/C21H26O6/c22-15-14-20(26)11-10-18(24)7-6-17(23)8-9-19(25)12-13-21(27)16-4-2-1-3-5-16/h1-5,22H,6-15H2. The minimum absolute atomic E-state index is 0.0428. The van der Waals surface area contributed by atoms with Crippen molar-refractivity contribution in [3.63, 3.8) is 0 Å². The van der Waals surface area contributed by atoms with E-state index in [1.165, 1.54) is 0 Å². The van der Waals surface area contributed by atoms with Crippen LogP contribution in [0.3, 0.4) is 0 Å². The molecule has 0 saturated carbocycles. The van der Waals surface area contributed by atoms with E-state index in [0.29, 0.717) is 5.56 Å². The van der Waals surface area contributed by atoms with Crippen LogP contribution in [-0.2, 0) is 19.2 Å². The molecule has 1 N–H and O–H groups in total. The van der Waals surface area contributed by atoms with Gasteiger partial charge in [-0.25, -0.2) is 0 Å². The molecule has 0 aliphatic heterocycles. The third-order valence-electron chi connectivity index (χ3n) is 4.17. The number of carbonyl (C=O) groups excluding carboxylic acids is 5. The number of rotatable bonds is 15. The molecule has 0 radical (unpaired) electrons. The summed E-state index contributed by atoms with van der Waals surface area (Å²) in [7, 11) is 0. The molecule has 0 aliphatic carbocycles. The average Bonchev–Trinajstić information content (AvgIpc) is 2.68. The van der Waals surface area contributed by atoms with Crippen LogP contribution in [0.1, 0.15) is 68.1 Å². The number of hydrogen-bond acceptors (Lipinski definition) is 6. The Hall–Kier alpha value is -2.47. The summed E-state index contributed by atoms with van der Waals surface area (Å²) in [4.78, 5) is 58.4. The smallest absolute Gasteiger partial charge is 0.163 e. The van der Waals surface area contributed by atoms with E-state index in [4.69, 9.17) is 5.11 Å². The van der Waals surface area contributed by atoms with Crippen molar-refractivity contribution in [1.29, 1.82) is 0 Å². The van der Waals surface area contributed by atoms with Gasteiger partial charge in [-0.3, -0.25) is 24.0 Å². The molecule has 0 heterocycles. The van der Waals surface area contributed by atoms with Gasteiger partial charge in [0.1, 0.15) is 23.1 Å². The first-order valence-electron chi connectivity index (χ1n) is 9.18. The second-order valence-corrected chi connectivity index (χ2v) is 6.42. The molecule has 0 saturated heterocycles. The molecular weight excluding hydrogens is 348 g/mol. The third-order valence-corrected chi connectivity index (χ3v) is 4.17. The molecule has 27 heavy (non-hydrogen) atoms. The molecule has 0 spiro atoms. The van der Waals surface area contributed by atoms with E-state index in [-0.39, 0.29) is 93.3 Å². The summed E-state index contributed by atoms with van der Waals surface area (Å²) in [5.74, 6) is -0.764. The lowest BCUT2D eigenvalue weighted by molar-refractivity contribution is -0.127. The van der Waals surface area contributed by atoms with Gasteiger partial charge in [0.05, 0.1) is 0 Å². The fourth-order valence-electron chi connectivity index (χ4n) is 2.48. The van der Waals surface area contributed by atoms with Gasteiger partial charge in [0.2, 0.25) is 0 Å². The number of hydrogen-bond donors (Lipinski definition) is 1. The van der Waals surface area contributed by atoms with Crippen molar-refractivity contribution in [3.8, 4) is 0 Å². The van der Waals surface area contributed by atoms with Crippen LogP contribution < -0.4 is 0 Å². The van der Waals surface area contributed by atoms with Gasteiger partial charge in [0, 0.05) is 70.0 Å². The van der Waals surface area contributed by atoms with Gasteiger partial charge in [0.15, 0.2) is 5.78 Å². The fraction of sp³-hybridized carbons (Fsp3) is 0.476. The lowest BCUT2D eigenvalue weighted by Crippen LogP contribution is -2.10. The maximum Gasteiger partial charge on any atom is 0.163 e. The monoisotopic (exact) mass is 374 g/mol. The summed E-state index contributed by atoms with van der Waals surface area (Å²) in [6, 6.07) is 8.73. The topological polar surface area (TPSA) is 106 Å². The van der Waals surface area contributed by atoms with E-state index >= 15 is 0 Å². The van der Waals surface area contributed by atoms with Crippen LogP contribution >= 0.6 is 0 Å². The van der Waals surface area contributed by atoms with Gasteiger partial charge < -0.3 is 5.11 Å². The highest BCUT2D eigenvalue weighted by Crippen LogP contribution is 2.09. The summed E-state index contributed by atoms with van der Waals surface area (Å²) in [6.45, 7) is -0.226. The number of ketones is 5. The highest BCUT2D eigenvalue weighted by molar-refractivity contribution is 5.98. The molecular formula is C21H26O6. The normalized spacial score (nSPS) is 10.4. The highest BCUT2D eigenvalue weighted by atomic mass is 16.3. The summed E-state index contributed by atoms with van der Waals surface area (Å²) < 4.78 is 0. The highest BCUT2D eigenvalue weighted by Gasteiger charge is 2.13. The fourth-order valence-corrected chi connectivity index (χ4v) is 2.48. The molecule has 0 fully saturated rings. The zero-order valence-electron chi connectivity index (χ0n) is 15.4. The summed E-state index contributed by atoms with van der Waals surface area (Å²) in [5.41, 5.74) is 0.567. The number of carbonyl (C=O) groups is 5. The van der Waals surface area contributed by atoms with Crippen LogP contribution in [0.5, 0.6) is 0 Å². The van der Waals surface area contributed by atoms with Gasteiger partial charge >= 0.3 is 0 Å². The molecule has 0 bridgehead atoms. The van der Waals surface area contributed by atoms with Gasteiger partial charge in [-0.15, -0.1) is 0 Å². The van der Waals surface area contributed by atoms with E-state index in [9.17, 15) is 24.0 Å². The molecule has 6 nitrogen and oxygen atoms in total. The van der Waals surface area contributed by atoms with Crippen LogP contribution in [0, 0.1) is 0 Å². The van der Waals surface area contributed by atoms with Gasteiger partial charge in [0.25, 0.3) is 0 Å². The Bertz CT molecular complexity index is 663. The van der Waals surface area contributed by atoms with Crippen molar-refractivity contribution in [1.82, 2.24) is 0 Å². The third kappa shape index (κ3) is 10.3. The minimum Gasteiger partial charge on any atom is -0.396 e. The van der Waals surface area contributed by atoms with Crippen molar-refractivity contribution >= 4 is 28.9 Å². The average molecular weight is 374 g/mol. The Labute approximate surface area is 159 Å². The molecule has 1 aromatic carbocycles. The summed E-state index contributed by atoms with van der Waals surface area (Å²) >= 11 is 0. The predicted molar refractivity (Wildman–Crippen MR) is 99.4 cm³/mol. The van der Waals surface area contributed by atoms with Crippen molar-refractivity contribution in [2.75, 3.05) is 6.61 Å². The second-order valence-electron chi connectivity index (χ2n) is 6.42. The van der Waals surface area contributed by atoms with Crippen LogP contribution in [0.2, 0.25) is 0 Å². The molecule has 6 heteroatoms. The Morgan fingerprint density at radius 1 is 0.556 bits per heavy atom. The molecule has 0 atom stereocenters. The van der Waals surface area contributed by atoms with Crippen molar-refractivity contribution in [2.24, 2.45) is 0 Å². The van der Waals surface area contributed by atoms with Gasteiger partial charge in [-0.1, -0.05) is 30.3 Å². The zero-order chi connectivity index (χ0) is 20.1. The maximum atomic E-state index is 11.9. The molecule has 146 valence electrons. The Morgan fingerprint density at radius 2 is 0.926 bits per heavy atom. The first-order chi connectivity index (χ1) is 12.9. The van der Waals surface area contributed by atoms with Crippen molar-refractivity contribution in [3.05, 3.63) is 35.9 Å². The first-order valence-corrected chi connectivity index (χ1v) is 9.18. The number of Topliss-reactive ketones (excluding diaryl/α,β-unsaturated/α-hetero) is 5. The first kappa shape index (κ1) is 22.6. The van der Waals surface area contributed by atoms with E-state index < -0.39 is 0 Å². The Morgan fingerprint density at radius 3 is 1.33 bits per heavy atom. The molecule has 0 unspecified atom stereocenters. The maximum absolute atomic E-state index is 11.9. The van der Waals surface area contributed by atoms with E-state index in [2.05, 4.69) is 0 Å². The largest absolute Gasteiger partial charge is 0.396 e.